The Kier molecular flexibility index (Phi) is 5.50. The minimum Gasteiger partial charge on any atom is -0.146 e. The van der Waals surface area contributed by atoms with Crippen molar-refractivity contribution in [1.82, 2.24) is 0 Å². The molecule has 3 heteroatoms. The Bertz CT molecular complexity index is 96.3. The van der Waals surface area contributed by atoms with Crippen LogP contribution in [0.15, 0.2) is 12.7 Å². The molecule has 0 heterocycles. The molecule has 10 heavy (non-hydrogen) atoms. The monoisotopic (exact) mass is 196 g/mol. The van der Waals surface area contributed by atoms with Crippen molar-refractivity contribution in [3.8, 4) is 0 Å². The third-order valence-electron chi connectivity index (χ3n) is 1.27. The fraction of sp³-hybridized carbons (Fsp3) is 0.714. The lowest BCUT2D eigenvalue weighted by atomic mass is 10.2. The molecule has 0 aromatic heterocycles. The molecule has 0 saturated carbocycles. The summed E-state index contributed by atoms with van der Waals surface area (Å²) in [5, 5.41) is 0. The minimum absolute atomic E-state index is 1.00. The summed E-state index contributed by atoms with van der Waals surface area (Å²) >= 11 is 11.8. The molecule has 0 nitrogen and oxygen atoms in total. The van der Waals surface area contributed by atoms with Crippen LogP contribution in [0, 0.1) is 0 Å². The van der Waals surface area contributed by atoms with E-state index < -0.39 is 6.69 Å². The van der Waals surface area contributed by atoms with E-state index in [9.17, 15) is 0 Å². The zero-order valence-electron chi connectivity index (χ0n) is 6.37. The molecular weight excluding hydrogens is 183 g/mol. The molecule has 0 aliphatic heterocycles. The zero-order valence-corrected chi connectivity index (χ0v) is 8.88. The van der Waals surface area contributed by atoms with Crippen LogP contribution in [0.2, 0.25) is 12.6 Å². The third kappa shape index (κ3) is 8.54. The van der Waals surface area contributed by atoms with Crippen LogP contribution in [0.4, 0.5) is 0 Å². The highest BCUT2D eigenvalue weighted by molar-refractivity contribution is 7.44. The van der Waals surface area contributed by atoms with Gasteiger partial charge in [0.05, 0.1) is 0 Å². The van der Waals surface area contributed by atoms with Gasteiger partial charge >= 0.3 is 0 Å². The van der Waals surface area contributed by atoms with E-state index in [1.54, 1.807) is 0 Å². The second-order valence-corrected chi connectivity index (χ2v) is 10.8. The van der Waals surface area contributed by atoms with Gasteiger partial charge in [0.25, 0.3) is 0 Å². The second kappa shape index (κ2) is 5.22. The van der Waals surface area contributed by atoms with Crippen LogP contribution in [-0.2, 0) is 0 Å². The van der Waals surface area contributed by atoms with Crippen molar-refractivity contribution in [2.45, 2.75) is 31.9 Å². The van der Waals surface area contributed by atoms with Gasteiger partial charge in [0.2, 0.25) is 6.69 Å². The van der Waals surface area contributed by atoms with Crippen molar-refractivity contribution in [3.05, 3.63) is 12.7 Å². The highest BCUT2D eigenvalue weighted by Crippen LogP contribution is 2.22. The molecule has 0 rings (SSSR count). The van der Waals surface area contributed by atoms with Crippen LogP contribution in [-0.4, -0.2) is 6.69 Å². The molecule has 0 spiro atoms. The molecular formula is C7H14Cl2Si. The van der Waals surface area contributed by atoms with Gasteiger partial charge in [-0.15, -0.1) is 28.7 Å². The Morgan fingerprint density at radius 3 is 2.40 bits per heavy atom. The number of hydrogen-bond donors (Lipinski definition) is 0. The van der Waals surface area contributed by atoms with E-state index in [0.717, 1.165) is 18.9 Å². The van der Waals surface area contributed by atoms with Gasteiger partial charge in [-0.25, -0.2) is 0 Å². The van der Waals surface area contributed by atoms with Crippen LogP contribution >= 0.6 is 22.2 Å². The second-order valence-electron chi connectivity index (χ2n) is 2.60. The topological polar surface area (TPSA) is 0 Å². The maximum atomic E-state index is 5.89. The van der Waals surface area contributed by atoms with Crippen LogP contribution < -0.4 is 0 Å². The molecule has 0 aromatic rings. The molecule has 0 fully saturated rings. The number of unbranched alkanes of at least 4 members (excludes halogenated alkanes) is 2. The summed E-state index contributed by atoms with van der Waals surface area (Å²) in [4.78, 5) is 0. The van der Waals surface area contributed by atoms with Gasteiger partial charge in [0.15, 0.2) is 0 Å². The summed E-state index contributed by atoms with van der Waals surface area (Å²) in [5.41, 5.74) is 0. The van der Waals surface area contributed by atoms with Crippen molar-refractivity contribution in [1.29, 1.82) is 0 Å². The van der Waals surface area contributed by atoms with E-state index in [2.05, 4.69) is 6.58 Å². The molecule has 60 valence electrons. The maximum Gasteiger partial charge on any atom is 0.248 e. The molecule has 0 unspecified atom stereocenters. The van der Waals surface area contributed by atoms with Gasteiger partial charge in [-0.2, -0.15) is 0 Å². The highest BCUT2D eigenvalue weighted by Gasteiger charge is 2.19. The van der Waals surface area contributed by atoms with Crippen molar-refractivity contribution >= 4 is 28.9 Å². The summed E-state index contributed by atoms with van der Waals surface area (Å²) < 4.78 is 0. The van der Waals surface area contributed by atoms with Crippen LogP contribution in [0.5, 0.6) is 0 Å². The Morgan fingerprint density at radius 1 is 1.40 bits per heavy atom. The van der Waals surface area contributed by atoms with Crippen LogP contribution in [0.3, 0.4) is 0 Å². The molecule has 0 bridgehead atoms. The molecule has 0 radical (unpaired) electrons. The van der Waals surface area contributed by atoms with E-state index in [1.165, 1.54) is 6.42 Å². The van der Waals surface area contributed by atoms with Gasteiger partial charge in [-0.1, -0.05) is 18.9 Å². The lowest BCUT2D eigenvalue weighted by molar-refractivity contribution is 0.809. The molecule has 0 saturated heterocycles. The van der Waals surface area contributed by atoms with E-state index in [-0.39, 0.29) is 0 Å². The summed E-state index contributed by atoms with van der Waals surface area (Å²) in [6, 6.07) is 1.00. The fourth-order valence-electron chi connectivity index (χ4n) is 0.724. The molecule has 0 aromatic carbocycles. The summed E-state index contributed by atoms with van der Waals surface area (Å²) in [6.45, 7) is 3.81. The number of rotatable bonds is 5. The van der Waals surface area contributed by atoms with Crippen molar-refractivity contribution in [2.75, 3.05) is 0 Å². The lowest BCUT2D eigenvalue weighted by Gasteiger charge is -2.07. The quantitative estimate of drug-likeness (QED) is 0.271. The number of halogens is 2. The predicted octanol–water partition coefficient (Wildman–Crippen LogP) is 3.89. The Morgan fingerprint density at radius 2 is 2.00 bits per heavy atom. The normalized spacial score (nSPS) is 11.5. The number of allylic oxidation sites excluding steroid dienone is 1. The van der Waals surface area contributed by atoms with Gasteiger partial charge in [-0.05, 0) is 19.0 Å². The van der Waals surface area contributed by atoms with Crippen molar-refractivity contribution in [2.24, 2.45) is 0 Å². The van der Waals surface area contributed by atoms with Crippen LogP contribution in [0.1, 0.15) is 19.3 Å². The first kappa shape index (κ1) is 10.5. The average Bonchev–Trinajstić information content (AvgIpc) is 1.78. The molecule has 0 atom stereocenters. The van der Waals surface area contributed by atoms with Crippen molar-refractivity contribution in [3.63, 3.8) is 0 Å². The van der Waals surface area contributed by atoms with Crippen LogP contribution in [0.25, 0.3) is 0 Å². The first-order valence-electron chi connectivity index (χ1n) is 3.55. The van der Waals surface area contributed by atoms with E-state index in [4.69, 9.17) is 22.2 Å². The molecule has 0 aliphatic carbocycles. The Hall–Kier alpha value is 0.537. The van der Waals surface area contributed by atoms with Gasteiger partial charge < -0.3 is 0 Å². The minimum atomic E-state index is -1.80. The lowest BCUT2D eigenvalue weighted by Crippen LogP contribution is -2.11. The van der Waals surface area contributed by atoms with Gasteiger partial charge in [0, 0.05) is 0 Å². The Balaban J connectivity index is 3.12. The molecule has 0 amide bonds. The third-order valence-corrected chi connectivity index (χ3v) is 3.64. The van der Waals surface area contributed by atoms with Gasteiger partial charge in [0.1, 0.15) is 0 Å². The Labute approximate surface area is 73.6 Å². The van der Waals surface area contributed by atoms with Gasteiger partial charge in [-0.3, -0.25) is 0 Å². The summed E-state index contributed by atoms with van der Waals surface area (Å²) in [7, 11) is 0. The summed E-state index contributed by atoms with van der Waals surface area (Å²) in [6.07, 6.45) is 5.33. The predicted molar refractivity (Wildman–Crippen MR) is 52.2 cm³/mol. The van der Waals surface area contributed by atoms with E-state index in [1.807, 2.05) is 12.6 Å². The molecule has 0 N–H and O–H groups in total. The smallest absolute Gasteiger partial charge is 0.146 e. The maximum absolute atomic E-state index is 5.89. The zero-order chi connectivity index (χ0) is 8.04. The fourth-order valence-corrected chi connectivity index (χ4v) is 2.40. The SMILES string of the molecule is C=CCCCC[Si](C)(Cl)Cl. The average molecular weight is 197 g/mol. The highest BCUT2D eigenvalue weighted by atomic mass is 35.7. The first-order chi connectivity index (χ1) is 4.56. The van der Waals surface area contributed by atoms with E-state index in [0.29, 0.717) is 0 Å². The first-order valence-corrected chi connectivity index (χ1v) is 8.28. The number of hydrogen-bond acceptors (Lipinski definition) is 0. The van der Waals surface area contributed by atoms with Crippen molar-refractivity contribution < 1.29 is 0 Å². The summed E-state index contributed by atoms with van der Waals surface area (Å²) in [5.74, 6) is 0. The largest absolute Gasteiger partial charge is 0.248 e. The van der Waals surface area contributed by atoms with E-state index >= 15 is 0 Å². The molecule has 0 aliphatic rings. The standard InChI is InChI=1S/C7H14Cl2Si/c1-3-4-5-6-7-10(2,8)9/h3H,1,4-7H2,2H3.